The summed E-state index contributed by atoms with van der Waals surface area (Å²) in [5, 5.41) is 14.3. The molecular formula is C23H34N6O2. The number of ether oxygens (including phenoxy) is 1. The molecule has 8 nitrogen and oxygen atoms in total. The molecule has 1 aromatic heterocycles. The van der Waals surface area contributed by atoms with Gasteiger partial charge in [-0.15, -0.1) is 0 Å². The van der Waals surface area contributed by atoms with Crippen LogP contribution >= 0.6 is 0 Å². The van der Waals surface area contributed by atoms with Crippen molar-refractivity contribution in [3.05, 3.63) is 46.8 Å². The Balaban J connectivity index is 1.52. The Bertz CT molecular complexity index is 930. The zero-order valence-electron chi connectivity index (χ0n) is 19.2. The van der Waals surface area contributed by atoms with Gasteiger partial charge < -0.3 is 20.7 Å². The van der Waals surface area contributed by atoms with Crippen molar-refractivity contribution in [1.82, 2.24) is 20.4 Å². The van der Waals surface area contributed by atoms with Crippen molar-refractivity contribution in [3.63, 3.8) is 0 Å². The molecule has 1 amide bonds. The predicted octanol–water partition coefficient (Wildman–Crippen LogP) is 2.45. The van der Waals surface area contributed by atoms with Crippen LogP contribution in [0.2, 0.25) is 0 Å². The first-order valence-corrected chi connectivity index (χ1v) is 10.8. The van der Waals surface area contributed by atoms with E-state index in [2.05, 4.69) is 39.9 Å². The number of hydrogen-bond donors (Lipinski definition) is 3. The second kappa shape index (κ2) is 10.4. The Hall–Kier alpha value is -2.87. The fourth-order valence-electron chi connectivity index (χ4n) is 3.85. The first kappa shape index (κ1) is 22.8. The molecule has 2 heterocycles. The van der Waals surface area contributed by atoms with Gasteiger partial charge in [0, 0.05) is 44.7 Å². The highest BCUT2D eigenvalue weighted by Crippen LogP contribution is 2.17. The molecule has 1 saturated heterocycles. The average Bonchev–Trinajstić information content (AvgIpc) is 3.36. The molecule has 1 fully saturated rings. The van der Waals surface area contributed by atoms with Crippen molar-refractivity contribution in [3.8, 4) is 0 Å². The topological polar surface area (TPSA) is 92.6 Å². The lowest BCUT2D eigenvalue weighted by atomic mass is 10.1. The van der Waals surface area contributed by atoms with Crippen molar-refractivity contribution < 1.29 is 9.53 Å². The molecule has 0 bridgehead atoms. The number of carbonyl (C=O) groups excluding carboxylic acids is 1. The van der Waals surface area contributed by atoms with Gasteiger partial charge in [-0.1, -0.05) is 12.1 Å². The third-order valence-corrected chi connectivity index (χ3v) is 5.65. The van der Waals surface area contributed by atoms with E-state index in [1.54, 1.807) is 7.05 Å². The zero-order valence-corrected chi connectivity index (χ0v) is 19.2. The van der Waals surface area contributed by atoms with Gasteiger partial charge in [0.2, 0.25) is 0 Å². The molecule has 0 spiro atoms. The number of aryl methyl sites for hydroxylation is 2. The molecule has 3 N–H and O–H groups in total. The summed E-state index contributed by atoms with van der Waals surface area (Å²) in [5.74, 6) is 0.662. The monoisotopic (exact) mass is 426 g/mol. The fraction of sp³-hybridized carbons (Fsp3) is 0.522. The number of anilines is 1. The maximum Gasteiger partial charge on any atom is 0.253 e. The number of benzene rings is 1. The first-order valence-electron chi connectivity index (χ1n) is 10.8. The summed E-state index contributed by atoms with van der Waals surface area (Å²) in [5.41, 5.74) is 5.36. The minimum absolute atomic E-state index is 0.0742. The number of nitrogens with one attached hydrogen (secondary N) is 3. The standard InChI is InChI=1S/C23H34N6O2/c1-15(12-20-16(2)28-29(5)17(20)3)26-23(24-4)25-14-18-8-6-9-19(13-18)27-22(30)21-10-7-11-31-21/h6,8-9,13,15,21H,7,10-12,14H2,1-5H3,(H,27,30)(H2,24,25,26). The fourth-order valence-corrected chi connectivity index (χ4v) is 3.85. The van der Waals surface area contributed by atoms with E-state index >= 15 is 0 Å². The summed E-state index contributed by atoms with van der Waals surface area (Å²) in [6, 6.07) is 8.02. The van der Waals surface area contributed by atoms with Crippen molar-refractivity contribution in [1.29, 1.82) is 0 Å². The highest BCUT2D eigenvalue weighted by Gasteiger charge is 2.23. The predicted molar refractivity (Wildman–Crippen MR) is 123 cm³/mol. The first-order chi connectivity index (χ1) is 14.9. The van der Waals surface area contributed by atoms with Crippen LogP contribution in [0.4, 0.5) is 5.69 Å². The van der Waals surface area contributed by atoms with Crippen LogP contribution in [0.5, 0.6) is 0 Å². The van der Waals surface area contributed by atoms with E-state index < -0.39 is 0 Å². The summed E-state index contributed by atoms with van der Waals surface area (Å²) in [7, 11) is 3.74. The van der Waals surface area contributed by atoms with E-state index in [1.807, 2.05) is 42.9 Å². The number of guanidine groups is 1. The van der Waals surface area contributed by atoms with Crippen LogP contribution < -0.4 is 16.0 Å². The average molecular weight is 427 g/mol. The molecule has 1 aliphatic heterocycles. The normalized spacial score (nSPS) is 17.5. The lowest BCUT2D eigenvalue weighted by molar-refractivity contribution is -0.124. The summed E-state index contributed by atoms with van der Waals surface area (Å²) in [6.07, 6.45) is 2.26. The quantitative estimate of drug-likeness (QED) is 0.467. The van der Waals surface area contributed by atoms with Gasteiger partial charge in [-0.2, -0.15) is 5.10 Å². The van der Waals surface area contributed by atoms with Gasteiger partial charge in [-0.3, -0.25) is 14.5 Å². The largest absolute Gasteiger partial charge is 0.368 e. The van der Waals surface area contributed by atoms with Gasteiger partial charge >= 0.3 is 0 Å². The second-order valence-corrected chi connectivity index (χ2v) is 8.14. The van der Waals surface area contributed by atoms with Crippen LogP contribution in [0.1, 0.15) is 42.3 Å². The van der Waals surface area contributed by atoms with Gasteiger partial charge in [0.25, 0.3) is 5.91 Å². The third-order valence-electron chi connectivity index (χ3n) is 5.65. The summed E-state index contributed by atoms with van der Waals surface area (Å²) >= 11 is 0. The highest BCUT2D eigenvalue weighted by atomic mass is 16.5. The Kier molecular flexibility index (Phi) is 7.68. The number of amides is 1. The Labute approximate surface area is 184 Å². The van der Waals surface area contributed by atoms with Gasteiger partial charge in [0.05, 0.1) is 5.69 Å². The minimum Gasteiger partial charge on any atom is -0.368 e. The summed E-state index contributed by atoms with van der Waals surface area (Å²) in [4.78, 5) is 16.6. The maximum absolute atomic E-state index is 12.3. The van der Waals surface area contributed by atoms with E-state index in [9.17, 15) is 4.79 Å². The molecule has 168 valence electrons. The number of nitrogens with zero attached hydrogens (tertiary/aromatic N) is 3. The number of carbonyl (C=O) groups is 1. The molecule has 31 heavy (non-hydrogen) atoms. The molecule has 0 radical (unpaired) electrons. The number of rotatable bonds is 7. The van der Waals surface area contributed by atoms with Crippen LogP contribution in [-0.4, -0.2) is 47.4 Å². The van der Waals surface area contributed by atoms with Crippen LogP contribution in [0.3, 0.4) is 0 Å². The molecule has 2 unspecified atom stereocenters. The Morgan fingerprint density at radius 1 is 1.39 bits per heavy atom. The minimum atomic E-state index is -0.335. The van der Waals surface area contributed by atoms with Gasteiger partial charge in [0.1, 0.15) is 6.10 Å². The summed E-state index contributed by atoms with van der Waals surface area (Å²) < 4.78 is 7.38. The van der Waals surface area contributed by atoms with Crippen molar-refractivity contribution in [2.75, 3.05) is 19.0 Å². The van der Waals surface area contributed by atoms with E-state index in [0.717, 1.165) is 42.2 Å². The lowest BCUT2D eigenvalue weighted by Crippen LogP contribution is -2.42. The van der Waals surface area contributed by atoms with E-state index in [-0.39, 0.29) is 18.1 Å². The van der Waals surface area contributed by atoms with Crippen LogP contribution in [0, 0.1) is 13.8 Å². The lowest BCUT2D eigenvalue weighted by Gasteiger charge is -2.18. The number of hydrogen-bond acceptors (Lipinski definition) is 4. The molecule has 2 aromatic rings. The SMILES string of the molecule is CN=C(NCc1cccc(NC(=O)C2CCCO2)c1)NC(C)Cc1c(C)nn(C)c1C. The smallest absolute Gasteiger partial charge is 0.253 e. The highest BCUT2D eigenvalue weighted by molar-refractivity contribution is 5.94. The van der Waals surface area contributed by atoms with Crippen molar-refractivity contribution >= 4 is 17.6 Å². The number of aromatic nitrogens is 2. The van der Waals surface area contributed by atoms with Gasteiger partial charge in [0.15, 0.2) is 5.96 Å². The molecule has 3 rings (SSSR count). The summed E-state index contributed by atoms with van der Waals surface area (Å²) in [6.45, 7) is 7.54. The molecule has 0 saturated carbocycles. The second-order valence-electron chi connectivity index (χ2n) is 8.14. The maximum atomic E-state index is 12.3. The molecule has 2 atom stereocenters. The molecule has 1 aromatic carbocycles. The van der Waals surface area contributed by atoms with E-state index in [0.29, 0.717) is 13.2 Å². The van der Waals surface area contributed by atoms with Crippen LogP contribution in [0.15, 0.2) is 29.3 Å². The van der Waals surface area contributed by atoms with Crippen LogP contribution in [0.25, 0.3) is 0 Å². The van der Waals surface area contributed by atoms with Gasteiger partial charge in [-0.25, -0.2) is 0 Å². The molecule has 8 heteroatoms. The van der Waals surface area contributed by atoms with Crippen molar-refractivity contribution in [2.24, 2.45) is 12.0 Å². The molecule has 0 aliphatic carbocycles. The molecule has 1 aliphatic rings. The molecular weight excluding hydrogens is 392 g/mol. The third kappa shape index (κ3) is 6.07. The van der Waals surface area contributed by atoms with E-state index in [1.165, 1.54) is 11.3 Å². The Morgan fingerprint density at radius 2 is 2.19 bits per heavy atom. The van der Waals surface area contributed by atoms with Crippen molar-refractivity contribution in [2.45, 2.75) is 58.7 Å². The number of aliphatic imine (C=N–C) groups is 1. The van der Waals surface area contributed by atoms with Gasteiger partial charge in [-0.05, 0) is 63.3 Å². The van der Waals surface area contributed by atoms with Crippen LogP contribution in [-0.2, 0) is 29.5 Å². The Morgan fingerprint density at radius 3 is 2.84 bits per heavy atom. The zero-order chi connectivity index (χ0) is 22.4. The van der Waals surface area contributed by atoms with E-state index in [4.69, 9.17) is 4.74 Å².